The number of hydrogen-bond donors (Lipinski definition) is 1. The highest BCUT2D eigenvalue weighted by atomic mass is 79.9. The van der Waals surface area contributed by atoms with E-state index in [4.69, 9.17) is 4.74 Å². The number of esters is 1. The van der Waals surface area contributed by atoms with Gasteiger partial charge in [0.15, 0.2) is 0 Å². The third-order valence-electron chi connectivity index (χ3n) is 3.02. The topological polar surface area (TPSA) is 64.6 Å². The van der Waals surface area contributed by atoms with Crippen LogP contribution in [0.1, 0.15) is 20.7 Å². The van der Waals surface area contributed by atoms with Gasteiger partial charge in [-0.05, 0) is 42.5 Å². The summed E-state index contributed by atoms with van der Waals surface area (Å²) >= 11 is 3.33. The van der Waals surface area contributed by atoms with Gasteiger partial charge < -0.3 is 14.8 Å². The molecule has 0 saturated heterocycles. The zero-order chi connectivity index (χ0) is 16.7. The number of methoxy groups -OCH3 is 1. The fraction of sp³-hybridized carbons (Fsp3) is 0.176. The lowest BCUT2D eigenvalue weighted by molar-refractivity contribution is 0.0600. The molecule has 0 spiro atoms. The maximum atomic E-state index is 11.9. The van der Waals surface area contributed by atoms with Crippen molar-refractivity contribution in [2.45, 2.75) is 0 Å². The van der Waals surface area contributed by atoms with Crippen LogP contribution in [0.15, 0.2) is 53.0 Å². The Morgan fingerprint density at radius 2 is 1.83 bits per heavy atom. The molecule has 1 amide bonds. The first kappa shape index (κ1) is 17.0. The summed E-state index contributed by atoms with van der Waals surface area (Å²) in [7, 11) is 1.33. The molecule has 0 fully saturated rings. The Labute approximate surface area is 142 Å². The van der Waals surface area contributed by atoms with Crippen molar-refractivity contribution in [3.05, 3.63) is 64.1 Å². The summed E-state index contributed by atoms with van der Waals surface area (Å²) in [6.07, 6.45) is 0. The minimum absolute atomic E-state index is 0.157. The van der Waals surface area contributed by atoms with Gasteiger partial charge >= 0.3 is 5.97 Å². The Balaban J connectivity index is 1.77. The Kier molecular flexibility index (Phi) is 6.17. The summed E-state index contributed by atoms with van der Waals surface area (Å²) in [5.41, 5.74) is 1.05. The Morgan fingerprint density at radius 1 is 1.09 bits per heavy atom. The summed E-state index contributed by atoms with van der Waals surface area (Å²) in [6, 6.07) is 13.8. The fourth-order valence-electron chi connectivity index (χ4n) is 1.87. The largest absolute Gasteiger partial charge is 0.492 e. The Morgan fingerprint density at radius 3 is 2.48 bits per heavy atom. The van der Waals surface area contributed by atoms with Gasteiger partial charge in [-0.1, -0.05) is 22.0 Å². The van der Waals surface area contributed by atoms with Gasteiger partial charge in [-0.25, -0.2) is 4.79 Å². The predicted octanol–water partition coefficient (Wildman–Crippen LogP) is 3.04. The SMILES string of the molecule is COC(=O)c1ccc(OCCNC(=O)c2cccc(Br)c2)cc1. The first-order valence-electron chi connectivity index (χ1n) is 6.95. The van der Waals surface area contributed by atoms with E-state index < -0.39 is 5.97 Å². The lowest BCUT2D eigenvalue weighted by Crippen LogP contribution is -2.28. The molecule has 5 nitrogen and oxygen atoms in total. The second-order valence-corrected chi connectivity index (χ2v) is 5.55. The van der Waals surface area contributed by atoms with E-state index in [0.717, 1.165) is 4.47 Å². The molecule has 2 aromatic carbocycles. The number of carbonyl (C=O) groups is 2. The van der Waals surface area contributed by atoms with Crippen LogP contribution in [0.3, 0.4) is 0 Å². The second kappa shape index (κ2) is 8.33. The average molecular weight is 378 g/mol. The van der Waals surface area contributed by atoms with Crippen LogP contribution in [0, 0.1) is 0 Å². The molecule has 0 aromatic heterocycles. The van der Waals surface area contributed by atoms with Crippen LogP contribution in [-0.2, 0) is 4.74 Å². The summed E-state index contributed by atoms with van der Waals surface area (Å²) in [4.78, 5) is 23.2. The summed E-state index contributed by atoms with van der Waals surface area (Å²) in [5, 5.41) is 2.78. The van der Waals surface area contributed by atoms with Crippen molar-refractivity contribution in [3.8, 4) is 5.75 Å². The zero-order valence-electron chi connectivity index (χ0n) is 12.5. The fourth-order valence-corrected chi connectivity index (χ4v) is 2.27. The maximum absolute atomic E-state index is 11.9. The van der Waals surface area contributed by atoms with Crippen LogP contribution >= 0.6 is 15.9 Å². The summed E-state index contributed by atoms with van der Waals surface area (Å²) < 4.78 is 11.0. The number of halogens is 1. The van der Waals surface area contributed by atoms with Gasteiger partial charge in [0, 0.05) is 10.0 Å². The van der Waals surface area contributed by atoms with Crippen LogP contribution in [-0.4, -0.2) is 32.1 Å². The molecule has 1 N–H and O–H groups in total. The highest BCUT2D eigenvalue weighted by Gasteiger charge is 2.06. The first-order chi connectivity index (χ1) is 11.1. The molecule has 6 heteroatoms. The highest BCUT2D eigenvalue weighted by Crippen LogP contribution is 2.13. The van der Waals surface area contributed by atoms with Gasteiger partial charge in [-0.15, -0.1) is 0 Å². The standard InChI is InChI=1S/C17H16BrNO4/c1-22-17(21)12-5-7-15(8-6-12)23-10-9-19-16(20)13-3-2-4-14(18)11-13/h2-8,11H,9-10H2,1H3,(H,19,20). The average Bonchev–Trinajstić information content (AvgIpc) is 2.58. The van der Waals surface area contributed by atoms with E-state index in [9.17, 15) is 9.59 Å². The number of amides is 1. The number of rotatable bonds is 6. The summed E-state index contributed by atoms with van der Waals surface area (Å²) in [6.45, 7) is 0.710. The molecule has 23 heavy (non-hydrogen) atoms. The van der Waals surface area contributed by atoms with Crippen LogP contribution in [0.2, 0.25) is 0 Å². The van der Waals surface area contributed by atoms with Crippen molar-refractivity contribution >= 4 is 27.8 Å². The monoisotopic (exact) mass is 377 g/mol. The maximum Gasteiger partial charge on any atom is 0.337 e. The molecule has 0 aliphatic rings. The molecule has 120 valence electrons. The first-order valence-corrected chi connectivity index (χ1v) is 7.74. The molecule has 2 aromatic rings. The quantitative estimate of drug-likeness (QED) is 0.620. The van der Waals surface area contributed by atoms with E-state index in [0.29, 0.717) is 30.0 Å². The van der Waals surface area contributed by atoms with Crippen LogP contribution < -0.4 is 10.1 Å². The molecule has 0 radical (unpaired) electrons. The van der Waals surface area contributed by atoms with E-state index in [1.54, 1.807) is 42.5 Å². The van der Waals surface area contributed by atoms with Crippen molar-refractivity contribution in [1.29, 1.82) is 0 Å². The lowest BCUT2D eigenvalue weighted by atomic mass is 10.2. The number of benzene rings is 2. The van der Waals surface area contributed by atoms with Crippen molar-refractivity contribution < 1.29 is 19.1 Å². The van der Waals surface area contributed by atoms with Crippen LogP contribution in [0.5, 0.6) is 5.75 Å². The number of hydrogen-bond acceptors (Lipinski definition) is 4. The smallest absolute Gasteiger partial charge is 0.337 e. The third kappa shape index (κ3) is 5.10. The highest BCUT2D eigenvalue weighted by molar-refractivity contribution is 9.10. The van der Waals surface area contributed by atoms with Crippen molar-refractivity contribution in [3.63, 3.8) is 0 Å². The molecule has 0 aliphatic carbocycles. The van der Waals surface area contributed by atoms with Gasteiger partial charge in [0.05, 0.1) is 19.2 Å². The minimum Gasteiger partial charge on any atom is -0.492 e. The van der Waals surface area contributed by atoms with Crippen LogP contribution in [0.4, 0.5) is 0 Å². The molecule has 0 heterocycles. The minimum atomic E-state index is -0.391. The third-order valence-corrected chi connectivity index (χ3v) is 3.51. The molecular weight excluding hydrogens is 362 g/mol. The number of nitrogens with one attached hydrogen (secondary N) is 1. The van der Waals surface area contributed by atoms with Gasteiger partial charge in [0.25, 0.3) is 5.91 Å². The van der Waals surface area contributed by atoms with Gasteiger partial charge in [0.2, 0.25) is 0 Å². The molecular formula is C17H16BrNO4. The zero-order valence-corrected chi connectivity index (χ0v) is 14.1. The molecule has 0 unspecified atom stereocenters. The van der Waals surface area contributed by atoms with Gasteiger partial charge in [0.1, 0.15) is 12.4 Å². The Bertz CT molecular complexity index is 685. The normalized spacial score (nSPS) is 10.0. The van der Waals surface area contributed by atoms with Crippen molar-refractivity contribution in [2.24, 2.45) is 0 Å². The number of carbonyl (C=O) groups excluding carboxylic acids is 2. The van der Waals surface area contributed by atoms with Gasteiger partial charge in [-0.2, -0.15) is 0 Å². The second-order valence-electron chi connectivity index (χ2n) is 4.63. The van der Waals surface area contributed by atoms with Crippen LogP contribution in [0.25, 0.3) is 0 Å². The van der Waals surface area contributed by atoms with E-state index in [-0.39, 0.29) is 5.91 Å². The predicted molar refractivity (Wildman–Crippen MR) is 89.8 cm³/mol. The Hall–Kier alpha value is -2.34. The lowest BCUT2D eigenvalue weighted by Gasteiger charge is -2.08. The molecule has 0 bridgehead atoms. The molecule has 0 saturated carbocycles. The molecule has 2 rings (SSSR count). The number of ether oxygens (including phenoxy) is 2. The van der Waals surface area contributed by atoms with Gasteiger partial charge in [-0.3, -0.25) is 4.79 Å². The molecule has 0 atom stereocenters. The molecule has 0 aliphatic heterocycles. The van der Waals surface area contributed by atoms with Crippen molar-refractivity contribution in [1.82, 2.24) is 5.32 Å². The van der Waals surface area contributed by atoms with E-state index >= 15 is 0 Å². The van der Waals surface area contributed by atoms with Crippen molar-refractivity contribution in [2.75, 3.05) is 20.3 Å². The van der Waals surface area contributed by atoms with E-state index in [1.165, 1.54) is 7.11 Å². The summed E-state index contributed by atoms with van der Waals surface area (Å²) in [5.74, 6) is 0.0723. The van der Waals surface area contributed by atoms with E-state index in [1.807, 2.05) is 6.07 Å². The van der Waals surface area contributed by atoms with E-state index in [2.05, 4.69) is 26.0 Å².